The molecule has 2 heterocycles. The van der Waals surface area contributed by atoms with Crippen LogP contribution in [0.2, 0.25) is 0 Å². The van der Waals surface area contributed by atoms with Gasteiger partial charge >= 0.3 is 0 Å². The Kier molecular flexibility index (Phi) is 8.25. The van der Waals surface area contributed by atoms with Crippen molar-refractivity contribution in [1.82, 2.24) is 10.2 Å². The highest BCUT2D eigenvalue weighted by atomic mass is 32.1. The first kappa shape index (κ1) is 26.2. The number of amides is 1. The molecule has 38 heavy (non-hydrogen) atoms. The third-order valence-electron chi connectivity index (χ3n) is 5.59. The van der Waals surface area contributed by atoms with Crippen LogP contribution in [0.5, 0.6) is 5.75 Å². The highest BCUT2D eigenvalue weighted by molar-refractivity contribution is 7.15. The van der Waals surface area contributed by atoms with E-state index in [1.165, 1.54) is 41.7 Å². The molecule has 0 aliphatic carbocycles. The Morgan fingerprint density at radius 1 is 1.21 bits per heavy atom. The molecular weight excluding hydrogens is 506 g/mol. The maximum Gasteiger partial charge on any atom is 0.284 e. The van der Waals surface area contributed by atoms with E-state index in [4.69, 9.17) is 9.15 Å². The number of rotatable bonds is 10. The van der Waals surface area contributed by atoms with Gasteiger partial charge in [-0.2, -0.15) is 5.26 Å². The summed E-state index contributed by atoms with van der Waals surface area (Å²) in [6, 6.07) is 19.3. The van der Waals surface area contributed by atoms with Crippen molar-refractivity contribution in [2.75, 3.05) is 11.9 Å². The number of nitro benzene ring substituents is 1. The van der Waals surface area contributed by atoms with Crippen LogP contribution in [0.25, 0.3) is 17.4 Å². The van der Waals surface area contributed by atoms with Gasteiger partial charge in [-0.25, -0.2) is 0 Å². The second-order valence-corrected chi connectivity index (χ2v) is 9.02. The van der Waals surface area contributed by atoms with Crippen molar-refractivity contribution in [1.29, 1.82) is 5.26 Å². The molecule has 192 valence electrons. The number of carbonyl (C=O) groups is 1. The average Bonchev–Trinajstić information content (AvgIpc) is 3.58. The molecule has 11 heteroatoms. The minimum Gasteiger partial charge on any atom is -0.494 e. The Hall–Kier alpha value is -4.82. The fourth-order valence-electron chi connectivity index (χ4n) is 3.82. The Morgan fingerprint density at radius 2 is 2.00 bits per heavy atom. The smallest absolute Gasteiger partial charge is 0.284 e. The Labute approximate surface area is 222 Å². The van der Waals surface area contributed by atoms with E-state index in [-0.39, 0.29) is 39.4 Å². The van der Waals surface area contributed by atoms with E-state index in [1.54, 1.807) is 13.0 Å². The van der Waals surface area contributed by atoms with Gasteiger partial charge < -0.3 is 9.15 Å². The molecule has 2 aromatic heterocycles. The molecule has 0 saturated heterocycles. The Morgan fingerprint density at radius 3 is 2.68 bits per heavy atom. The first-order chi connectivity index (χ1) is 18.4. The van der Waals surface area contributed by atoms with Gasteiger partial charge in [-0.1, -0.05) is 48.6 Å². The molecule has 1 unspecified atom stereocenters. The Balaban J connectivity index is 1.52. The van der Waals surface area contributed by atoms with Gasteiger partial charge in [-0.15, -0.1) is 10.2 Å². The van der Waals surface area contributed by atoms with Gasteiger partial charge in [0.15, 0.2) is 0 Å². The minimum atomic E-state index is -0.673. The van der Waals surface area contributed by atoms with Crippen LogP contribution in [0, 0.1) is 21.4 Å². The van der Waals surface area contributed by atoms with E-state index in [0.717, 1.165) is 17.0 Å². The van der Waals surface area contributed by atoms with Crippen LogP contribution in [0.1, 0.15) is 42.5 Å². The lowest BCUT2D eigenvalue weighted by atomic mass is 9.97. The number of nitrogens with zero attached hydrogens (tertiary/aromatic N) is 4. The quantitative estimate of drug-likeness (QED) is 0.111. The third-order valence-corrected chi connectivity index (χ3v) is 6.54. The fourth-order valence-corrected chi connectivity index (χ4v) is 4.77. The first-order valence-electron chi connectivity index (χ1n) is 11.8. The molecule has 2 aromatic carbocycles. The van der Waals surface area contributed by atoms with Crippen LogP contribution in [0.15, 0.2) is 70.7 Å². The molecule has 1 atom stereocenters. The van der Waals surface area contributed by atoms with Crippen molar-refractivity contribution in [2.24, 2.45) is 0 Å². The summed E-state index contributed by atoms with van der Waals surface area (Å²) >= 11 is 1.24. The van der Waals surface area contributed by atoms with E-state index in [2.05, 4.69) is 15.5 Å². The number of hydrogen-bond donors (Lipinski definition) is 1. The number of nitriles is 1. The number of aromatic nitrogens is 2. The van der Waals surface area contributed by atoms with Crippen LogP contribution in [0.4, 0.5) is 10.8 Å². The van der Waals surface area contributed by atoms with Gasteiger partial charge in [-0.05, 0) is 43.2 Å². The van der Waals surface area contributed by atoms with Gasteiger partial charge in [-0.3, -0.25) is 20.2 Å². The van der Waals surface area contributed by atoms with Crippen molar-refractivity contribution >= 4 is 34.1 Å². The zero-order valence-corrected chi connectivity index (χ0v) is 21.4. The molecule has 0 radical (unpaired) electrons. The van der Waals surface area contributed by atoms with Gasteiger partial charge in [0.25, 0.3) is 11.6 Å². The monoisotopic (exact) mass is 529 g/mol. The summed E-state index contributed by atoms with van der Waals surface area (Å²) in [5, 5.41) is 33.1. The minimum absolute atomic E-state index is 0.0403. The van der Waals surface area contributed by atoms with Crippen LogP contribution < -0.4 is 10.1 Å². The summed E-state index contributed by atoms with van der Waals surface area (Å²) in [7, 11) is 0. The van der Waals surface area contributed by atoms with Crippen molar-refractivity contribution in [3.05, 3.63) is 92.7 Å². The number of benzene rings is 2. The SMILES string of the molecule is CCOc1ccc(-c2ccc(C=C(C#N)C(=O)Nc3nnc(C(CC)c4ccccc4)s3)o2)c([N+](=O)[O-])c1. The number of carbonyl (C=O) groups excluding carboxylic acids is 1. The van der Waals surface area contributed by atoms with E-state index in [9.17, 15) is 20.2 Å². The fraction of sp³-hybridized carbons (Fsp3) is 0.185. The molecule has 0 fully saturated rings. The topological polar surface area (TPSA) is 144 Å². The average molecular weight is 530 g/mol. The maximum atomic E-state index is 12.8. The summed E-state index contributed by atoms with van der Waals surface area (Å²) < 4.78 is 11.1. The standard InChI is InChI=1S/C27H23N5O5S/c1-3-21(17-8-6-5-7-9-17)26-30-31-27(38-26)29-25(33)18(16-28)14-20-11-13-24(37-20)22-12-10-19(36-4-2)15-23(22)32(34)35/h5-15,21H,3-4H2,1-2H3,(H,29,31,33). The third kappa shape index (κ3) is 5.93. The van der Waals surface area contributed by atoms with Crippen molar-refractivity contribution in [3.8, 4) is 23.1 Å². The molecule has 0 aliphatic rings. The summed E-state index contributed by atoms with van der Waals surface area (Å²) in [6.07, 6.45) is 2.07. The first-order valence-corrected chi connectivity index (χ1v) is 12.6. The number of hydrogen-bond acceptors (Lipinski definition) is 9. The molecule has 0 aliphatic heterocycles. The predicted molar refractivity (Wildman–Crippen MR) is 143 cm³/mol. The lowest BCUT2D eigenvalue weighted by molar-refractivity contribution is -0.384. The van der Waals surface area contributed by atoms with E-state index in [1.807, 2.05) is 43.3 Å². The van der Waals surface area contributed by atoms with Crippen LogP contribution in [-0.4, -0.2) is 27.6 Å². The zero-order valence-electron chi connectivity index (χ0n) is 20.6. The van der Waals surface area contributed by atoms with Crippen LogP contribution in [0.3, 0.4) is 0 Å². The molecule has 4 rings (SSSR count). The highest BCUT2D eigenvalue weighted by Gasteiger charge is 2.21. The van der Waals surface area contributed by atoms with Gasteiger partial charge in [0.2, 0.25) is 5.13 Å². The number of anilines is 1. The zero-order chi connectivity index (χ0) is 27.1. The maximum absolute atomic E-state index is 12.8. The summed E-state index contributed by atoms with van der Waals surface area (Å²) in [6.45, 7) is 4.20. The molecule has 10 nitrogen and oxygen atoms in total. The van der Waals surface area contributed by atoms with Crippen molar-refractivity contribution in [3.63, 3.8) is 0 Å². The largest absolute Gasteiger partial charge is 0.494 e. The number of furan rings is 1. The van der Waals surface area contributed by atoms with Gasteiger partial charge in [0.05, 0.1) is 23.2 Å². The predicted octanol–water partition coefficient (Wildman–Crippen LogP) is 6.19. The number of nitro groups is 1. The van der Waals surface area contributed by atoms with Crippen LogP contribution >= 0.6 is 11.3 Å². The van der Waals surface area contributed by atoms with Crippen molar-refractivity contribution in [2.45, 2.75) is 26.2 Å². The molecule has 0 bridgehead atoms. The van der Waals surface area contributed by atoms with Crippen molar-refractivity contribution < 1.29 is 18.9 Å². The number of nitrogens with one attached hydrogen (secondary N) is 1. The molecule has 4 aromatic rings. The lowest BCUT2D eigenvalue weighted by Crippen LogP contribution is -2.13. The molecule has 1 amide bonds. The molecule has 0 spiro atoms. The second-order valence-electron chi connectivity index (χ2n) is 8.01. The summed E-state index contributed by atoms with van der Waals surface area (Å²) in [5.41, 5.74) is 0.931. The summed E-state index contributed by atoms with van der Waals surface area (Å²) in [4.78, 5) is 23.8. The molecule has 0 saturated carbocycles. The Bertz CT molecular complexity index is 1520. The number of ether oxygens (including phenoxy) is 1. The highest BCUT2D eigenvalue weighted by Crippen LogP contribution is 2.35. The second kappa shape index (κ2) is 11.9. The van der Waals surface area contributed by atoms with E-state index in [0.29, 0.717) is 12.4 Å². The van der Waals surface area contributed by atoms with Gasteiger partial charge in [0, 0.05) is 12.0 Å². The van der Waals surface area contributed by atoms with E-state index < -0.39 is 10.8 Å². The summed E-state index contributed by atoms with van der Waals surface area (Å²) in [5.74, 6) is 0.130. The van der Waals surface area contributed by atoms with Gasteiger partial charge in [0.1, 0.15) is 33.9 Å². The van der Waals surface area contributed by atoms with Crippen LogP contribution in [-0.2, 0) is 4.79 Å². The molecule has 1 N–H and O–H groups in total. The lowest BCUT2D eigenvalue weighted by Gasteiger charge is -2.10. The van der Waals surface area contributed by atoms with E-state index >= 15 is 0 Å². The molecular formula is C27H23N5O5S. The normalized spacial score (nSPS) is 12.0.